The van der Waals surface area contributed by atoms with E-state index in [-0.39, 0.29) is 11.7 Å². The molecule has 0 aliphatic rings. The van der Waals surface area contributed by atoms with Gasteiger partial charge in [0, 0.05) is 40.4 Å². The number of carbonyl (C=O) groups excluding carboxylic acids is 1. The molecule has 150 valence electrons. The van der Waals surface area contributed by atoms with E-state index in [0.717, 1.165) is 0 Å². The zero-order valence-electron chi connectivity index (χ0n) is 15.6. The highest BCUT2D eigenvalue weighted by molar-refractivity contribution is 6.35. The van der Waals surface area contributed by atoms with E-state index < -0.39 is 6.04 Å². The first-order valence-corrected chi connectivity index (χ1v) is 9.55. The van der Waals surface area contributed by atoms with E-state index in [1.165, 1.54) is 16.8 Å². The van der Waals surface area contributed by atoms with Crippen molar-refractivity contribution in [1.29, 1.82) is 0 Å². The lowest BCUT2D eigenvalue weighted by atomic mass is 10.2. The van der Waals surface area contributed by atoms with Gasteiger partial charge in [0.05, 0.1) is 6.04 Å². The first-order chi connectivity index (χ1) is 14.5. The molecule has 0 bridgehead atoms. The SMILES string of the molecule is CC(NC(=O)c1cc(Cl)cc(Cl)c1)c1nc(-c2ncccn2)nn1-c1ncccn1. The van der Waals surface area contributed by atoms with Crippen molar-refractivity contribution in [2.24, 2.45) is 0 Å². The smallest absolute Gasteiger partial charge is 0.252 e. The molecule has 0 aliphatic heterocycles. The number of hydrogen-bond donors (Lipinski definition) is 1. The Bertz CT molecular complexity index is 1160. The summed E-state index contributed by atoms with van der Waals surface area (Å²) in [7, 11) is 0. The zero-order chi connectivity index (χ0) is 21.1. The summed E-state index contributed by atoms with van der Waals surface area (Å²) in [5, 5.41) is 8.04. The van der Waals surface area contributed by atoms with Crippen LogP contribution in [0.4, 0.5) is 0 Å². The molecule has 1 unspecified atom stereocenters. The van der Waals surface area contributed by atoms with Crippen molar-refractivity contribution in [3.8, 4) is 17.6 Å². The Balaban J connectivity index is 1.69. The van der Waals surface area contributed by atoms with Crippen molar-refractivity contribution in [2.45, 2.75) is 13.0 Å². The van der Waals surface area contributed by atoms with Crippen LogP contribution in [0, 0.1) is 0 Å². The van der Waals surface area contributed by atoms with E-state index in [1.54, 1.807) is 49.9 Å². The summed E-state index contributed by atoms with van der Waals surface area (Å²) >= 11 is 12.0. The molecule has 9 nitrogen and oxygen atoms in total. The fourth-order valence-corrected chi connectivity index (χ4v) is 3.22. The molecule has 3 heterocycles. The summed E-state index contributed by atoms with van der Waals surface area (Å²) in [6.45, 7) is 1.77. The average Bonchev–Trinajstić information content (AvgIpc) is 3.20. The van der Waals surface area contributed by atoms with Crippen molar-refractivity contribution in [3.63, 3.8) is 0 Å². The fraction of sp³-hybridized carbons (Fsp3) is 0.105. The molecule has 0 radical (unpaired) electrons. The lowest BCUT2D eigenvalue weighted by Crippen LogP contribution is -2.29. The van der Waals surface area contributed by atoms with Crippen molar-refractivity contribution in [2.75, 3.05) is 0 Å². The zero-order valence-corrected chi connectivity index (χ0v) is 17.1. The minimum Gasteiger partial charge on any atom is -0.342 e. The number of nitrogens with one attached hydrogen (secondary N) is 1. The fourth-order valence-electron chi connectivity index (χ4n) is 2.69. The van der Waals surface area contributed by atoms with Crippen LogP contribution in [0.5, 0.6) is 0 Å². The number of amides is 1. The average molecular weight is 441 g/mol. The van der Waals surface area contributed by atoms with Crippen LogP contribution in [0.15, 0.2) is 55.1 Å². The van der Waals surface area contributed by atoms with Crippen LogP contribution >= 0.6 is 23.2 Å². The Morgan fingerprint density at radius 3 is 2.17 bits per heavy atom. The first kappa shape index (κ1) is 19.9. The van der Waals surface area contributed by atoms with E-state index >= 15 is 0 Å². The standard InChI is InChI=1S/C19H14Cl2N8O/c1-11(26-18(30)12-8-13(20)10-14(21)9-12)17-27-16(15-22-4-2-5-23-15)28-29(17)19-24-6-3-7-25-19/h2-11H,1H3,(H,26,30). The number of nitrogens with zero attached hydrogens (tertiary/aromatic N) is 7. The topological polar surface area (TPSA) is 111 Å². The van der Waals surface area contributed by atoms with Crippen LogP contribution in [0.25, 0.3) is 17.6 Å². The lowest BCUT2D eigenvalue weighted by Gasteiger charge is -2.14. The number of carbonyl (C=O) groups is 1. The third kappa shape index (κ3) is 4.27. The number of halogens is 2. The minimum absolute atomic E-state index is 0.282. The third-order valence-corrected chi connectivity index (χ3v) is 4.44. The quantitative estimate of drug-likeness (QED) is 0.506. The Morgan fingerprint density at radius 2 is 1.53 bits per heavy atom. The van der Waals surface area contributed by atoms with Crippen molar-refractivity contribution in [3.05, 3.63) is 76.6 Å². The summed E-state index contributed by atoms with van der Waals surface area (Å²) in [6, 6.07) is 7.45. The van der Waals surface area contributed by atoms with Gasteiger partial charge in [-0.3, -0.25) is 4.79 Å². The maximum Gasteiger partial charge on any atom is 0.252 e. The summed E-state index contributed by atoms with van der Waals surface area (Å²) < 4.78 is 1.45. The van der Waals surface area contributed by atoms with Gasteiger partial charge in [0.25, 0.3) is 11.9 Å². The monoisotopic (exact) mass is 440 g/mol. The minimum atomic E-state index is -0.552. The van der Waals surface area contributed by atoms with Gasteiger partial charge in [-0.05, 0) is 37.3 Å². The van der Waals surface area contributed by atoms with Crippen molar-refractivity contribution < 1.29 is 4.79 Å². The van der Waals surface area contributed by atoms with E-state index in [1.807, 2.05) is 0 Å². The molecule has 30 heavy (non-hydrogen) atoms. The van der Waals surface area contributed by atoms with Crippen LogP contribution in [0.2, 0.25) is 10.0 Å². The first-order valence-electron chi connectivity index (χ1n) is 8.80. The Labute approximate surface area is 181 Å². The molecule has 1 atom stereocenters. The molecule has 1 amide bonds. The van der Waals surface area contributed by atoms with Crippen LogP contribution < -0.4 is 5.32 Å². The second-order valence-corrected chi connectivity index (χ2v) is 7.05. The van der Waals surface area contributed by atoms with Gasteiger partial charge in [0.2, 0.25) is 5.82 Å². The molecular formula is C19H14Cl2N8O. The molecule has 4 aromatic rings. The highest BCUT2D eigenvalue weighted by Crippen LogP contribution is 2.21. The second kappa shape index (κ2) is 8.52. The molecule has 11 heteroatoms. The van der Waals surface area contributed by atoms with Gasteiger partial charge in [-0.25, -0.2) is 24.9 Å². The van der Waals surface area contributed by atoms with E-state index in [2.05, 4.69) is 35.3 Å². The van der Waals surface area contributed by atoms with Gasteiger partial charge in [-0.15, -0.1) is 5.10 Å². The molecule has 3 aromatic heterocycles. The van der Waals surface area contributed by atoms with Gasteiger partial charge >= 0.3 is 0 Å². The predicted molar refractivity (Wildman–Crippen MR) is 110 cm³/mol. The Morgan fingerprint density at radius 1 is 0.933 bits per heavy atom. The highest BCUT2D eigenvalue weighted by Gasteiger charge is 2.23. The molecular weight excluding hydrogens is 427 g/mol. The van der Waals surface area contributed by atoms with Gasteiger partial charge in [0.15, 0.2) is 11.6 Å². The number of hydrogen-bond acceptors (Lipinski definition) is 7. The highest BCUT2D eigenvalue weighted by atomic mass is 35.5. The van der Waals surface area contributed by atoms with Gasteiger partial charge in [-0.2, -0.15) is 4.68 Å². The third-order valence-electron chi connectivity index (χ3n) is 4.00. The molecule has 1 N–H and O–H groups in total. The number of rotatable bonds is 5. The van der Waals surface area contributed by atoms with E-state index in [9.17, 15) is 4.79 Å². The van der Waals surface area contributed by atoms with E-state index in [0.29, 0.717) is 33.2 Å². The number of aromatic nitrogens is 7. The molecule has 0 saturated heterocycles. The van der Waals surface area contributed by atoms with Crippen LogP contribution in [0.3, 0.4) is 0 Å². The maximum absolute atomic E-state index is 12.7. The lowest BCUT2D eigenvalue weighted by molar-refractivity contribution is 0.0938. The molecule has 0 saturated carbocycles. The predicted octanol–water partition coefficient (Wildman–Crippen LogP) is 3.31. The second-order valence-electron chi connectivity index (χ2n) is 6.18. The molecule has 1 aromatic carbocycles. The summed E-state index contributed by atoms with van der Waals surface area (Å²) in [4.78, 5) is 34.0. The summed E-state index contributed by atoms with van der Waals surface area (Å²) in [6.07, 6.45) is 6.36. The van der Waals surface area contributed by atoms with Gasteiger partial charge in [0.1, 0.15) is 0 Å². The van der Waals surface area contributed by atoms with Crippen molar-refractivity contribution >= 4 is 29.1 Å². The molecule has 0 spiro atoms. The van der Waals surface area contributed by atoms with Crippen LogP contribution in [-0.4, -0.2) is 40.6 Å². The summed E-state index contributed by atoms with van der Waals surface area (Å²) in [5.41, 5.74) is 0.327. The molecule has 0 fully saturated rings. The Kier molecular flexibility index (Phi) is 5.64. The Hall–Kier alpha value is -3.43. The van der Waals surface area contributed by atoms with Gasteiger partial charge in [-0.1, -0.05) is 23.2 Å². The van der Waals surface area contributed by atoms with Crippen molar-refractivity contribution in [1.82, 2.24) is 40.0 Å². The largest absolute Gasteiger partial charge is 0.342 e. The van der Waals surface area contributed by atoms with Crippen LogP contribution in [0.1, 0.15) is 29.1 Å². The maximum atomic E-state index is 12.7. The summed E-state index contributed by atoms with van der Waals surface area (Å²) in [5.74, 6) is 0.964. The number of benzene rings is 1. The molecule has 0 aliphatic carbocycles. The normalized spacial score (nSPS) is 11.8. The van der Waals surface area contributed by atoms with Crippen LogP contribution in [-0.2, 0) is 0 Å². The van der Waals surface area contributed by atoms with E-state index in [4.69, 9.17) is 23.2 Å². The van der Waals surface area contributed by atoms with Gasteiger partial charge < -0.3 is 5.32 Å². The molecule has 4 rings (SSSR count).